The summed E-state index contributed by atoms with van der Waals surface area (Å²) in [6.45, 7) is 8.38. The Morgan fingerprint density at radius 3 is 2.44 bits per heavy atom. The highest BCUT2D eigenvalue weighted by Crippen LogP contribution is 2.60. The smallest absolute Gasteiger partial charge is 0.312 e. The van der Waals surface area contributed by atoms with Gasteiger partial charge in [0, 0.05) is 36.7 Å². The van der Waals surface area contributed by atoms with Crippen LogP contribution in [0, 0.1) is 26.9 Å². The minimum Gasteiger partial charge on any atom is -0.486 e. The summed E-state index contributed by atoms with van der Waals surface area (Å²) in [4.78, 5) is 37.6. The Hall–Kier alpha value is -3.70. The van der Waals surface area contributed by atoms with Gasteiger partial charge in [-0.15, -0.1) is 0 Å². The average molecular weight is 570 g/mol. The van der Waals surface area contributed by atoms with Crippen molar-refractivity contribution in [3.63, 3.8) is 0 Å². The first-order valence-corrected chi connectivity index (χ1v) is 14.0. The number of fused-ring (bicyclic) bond motifs is 1. The fraction of sp³-hybridized carbons (Fsp3) is 0.533. The molecule has 1 fully saturated rings. The summed E-state index contributed by atoms with van der Waals surface area (Å²) in [6, 6.07) is 12.0. The third-order valence-electron chi connectivity index (χ3n) is 9.00. The summed E-state index contributed by atoms with van der Waals surface area (Å²) in [5.41, 5.74) is -2.97. The molecule has 2 heterocycles. The van der Waals surface area contributed by atoms with Gasteiger partial charge in [-0.1, -0.05) is 38.1 Å². The summed E-state index contributed by atoms with van der Waals surface area (Å²) < 4.78 is 11.8. The van der Waals surface area contributed by atoms with Crippen LogP contribution in [0.1, 0.15) is 52.0 Å². The summed E-state index contributed by atoms with van der Waals surface area (Å²) in [6.07, 6.45) is 0.361. The number of benzene rings is 2. The molecule has 2 aromatic carbocycles. The van der Waals surface area contributed by atoms with Gasteiger partial charge in [0.15, 0.2) is 11.5 Å². The summed E-state index contributed by atoms with van der Waals surface area (Å²) in [5, 5.41) is 39.9. The number of carboxylic acid groups (broad SMARTS) is 2. The number of hydrogen-bond donors (Lipinski definition) is 4. The first kappa shape index (κ1) is 30.3. The minimum absolute atomic E-state index is 0.149. The maximum absolute atomic E-state index is 13.3. The Bertz CT molecular complexity index is 1290. The van der Waals surface area contributed by atoms with Crippen molar-refractivity contribution in [2.24, 2.45) is 16.7 Å². The van der Waals surface area contributed by atoms with E-state index in [0.717, 1.165) is 0 Å². The van der Waals surface area contributed by atoms with Crippen molar-refractivity contribution in [2.75, 3.05) is 19.7 Å². The quantitative estimate of drug-likeness (QED) is 0.176. The number of carbonyl (C=O) groups is 2. The lowest BCUT2D eigenvalue weighted by Crippen LogP contribution is -2.71. The van der Waals surface area contributed by atoms with Crippen LogP contribution in [0.5, 0.6) is 11.5 Å². The molecule has 0 amide bonds. The van der Waals surface area contributed by atoms with E-state index in [4.69, 9.17) is 9.47 Å². The van der Waals surface area contributed by atoms with Crippen molar-refractivity contribution < 1.29 is 34.2 Å². The van der Waals surface area contributed by atoms with Crippen LogP contribution in [0.2, 0.25) is 0 Å². The molecule has 2 aliphatic heterocycles. The van der Waals surface area contributed by atoms with E-state index in [1.165, 1.54) is 18.2 Å². The van der Waals surface area contributed by atoms with E-state index in [-0.39, 0.29) is 18.2 Å². The number of para-hydroxylation sites is 2. The number of nitro groups is 1. The largest absolute Gasteiger partial charge is 0.486 e. The Morgan fingerprint density at radius 2 is 1.80 bits per heavy atom. The van der Waals surface area contributed by atoms with Crippen molar-refractivity contribution in [1.29, 1.82) is 0 Å². The molecule has 0 spiro atoms. The van der Waals surface area contributed by atoms with Crippen LogP contribution in [-0.2, 0) is 9.59 Å². The normalized spacial score (nSPS) is 29.2. The SMILES string of the molecule is CC1NC(C)C(C(=O)O)(C(C)C)C(c2cccc([N+](=O)[O-])c2)C1(CCCNCC1COc2ccccc2O1)C(=O)O. The topological polar surface area (TPSA) is 160 Å². The van der Waals surface area contributed by atoms with Crippen LogP contribution in [0.4, 0.5) is 5.69 Å². The summed E-state index contributed by atoms with van der Waals surface area (Å²) in [5.74, 6) is -2.42. The van der Waals surface area contributed by atoms with Crippen LogP contribution < -0.4 is 20.1 Å². The average Bonchev–Trinajstić information content (AvgIpc) is 2.93. The maximum atomic E-state index is 13.3. The van der Waals surface area contributed by atoms with Gasteiger partial charge in [-0.3, -0.25) is 19.7 Å². The second-order valence-corrected chi connectivity index (χ2v) is 11.4. The van der Waals surface area contributed by atoms with E-state index in [0.29, 0.717) is 43.2 Å². The predicted molar refractivity (Wildman–Crippen MR) is 151 cm³/mol. The maximum Gasteiger partial charge on any atom is 0.312 e. The molecule has 0 radical (unpaired) electrons. The fourth-order valence-electron chi connectivity index (χ4n) is 7.08. The zero-order valence-electron chi connectivity index (χ0n) is 23.8. The number of carboxylic acids is 2. The Balaban J connectivity index is 1.63. The van der Waals surface area contributed by atoms with Gasteiger partial charge < -0.3 is 30.3 Å². The second-order valence-electron chi connectivity index (χ2n) is 11.4. The zero-order chi connectivity index (χ0) is 29.9. The van der Waals surface area contributed by atoms with E-state index in [9.17, 15) is 29.9 Å². The van der Waals surface area contributed by atoms with Gasteiger partial charge in [-0.2, -0.15) is 0 Å². The first-order chi connectivity index (χ1) is 19.5. The first-order valence-electron chi connectivity index (χ1n) is 14.0. The van der Waals surface area contributed by atoms with Gasteiger partial charge in [0.2, 0.25) is 0 Å². The summed E-state index contributed by atoms with van der Waals surface area (Å²) >= 11 is 0. The molecule has 4 rings (SSSR count). The Kier molecular flexibility index (Phi) is 8.89. The molecule has 6 atom stereocenters. The van der Waals surface area contributed by atoms with Crippen LogP contribution in [0.25, 0.3) is 0 Å². The molecular weight excluding hydrogens is 530 g/mol. The third kappa shape index (κ3) is 5.36. The van der Waals surface area contributed by atoms with Crippen molar-refractivity contribution in [3.8, 4) is 11.5 Å². The van der Waals surface area contributed by atoms with Gasteiger partial charge in [-0.05, 0) is 56.8 Å². The number of piperidine rings is 1. The lowest BCUT2D eigenvalue weighted by Gasteiger charge is -2.59. The lowest BCUT2D eigenvalue weighted by atomic mass is 9.47. The van der Waals surface area contributed by atoms with Crippen molar-refractivity contribution in [3.05, 3.63) is 64.2 Å². The molecule has 4 N–H and O–H groups in total. The minimum atomic E-state index is -1.56. The van der Waals surface area contributed by atoms with Gasteiger partial charge >= 0.3 is 11.9 Å². The number of nitro benzene ring substituents is 1. The van der Waals surface area contributed by atoms with Crippen molar-refractivity contribution >= 4 is 17.6 Å². The monoisotopic (exact) mass is 569 g/mol. The molecule has 2 aliphatic rings. The molecular formula is C30H39N3O8. The van der Waals surface area contributed by atoms with E-state index >= 15 is 0 Å². The molecule has 1 saturated heterocycles. The molecule has 0 saturated carbocycles. The van der Waals surface area contributed by atoms with Crippen LogP contribution in [0.15, 0.2) is 48.5 Å². The molecule has 0 bridgehead atoms. The standard InChI is InChI=1S/C30H39N3O8/c1-18(2)30(28(36)37)20(4)32-19(3)29(27(34)35,26(30)21-9-7-10-22(15-21)33(38)39)13-8-14-31-16-23-17-40-24-11-5-6-12-25(24)41-23/h5-7,9-12,15,18-20,23,26,31-32H,8,13-14,16-17H2,1-4H3,(H,34,35)(H,36,37). The van der Waals surface area contributed by atoms with E-state index < -0.39 is 51.6 Å². The molecule has 222 valence electrons. The molecule has 0 aliphatic carbocycles. The molecule has 2 aromatic rings. The van der Waals surface area contributed by atoms with Gasteiger partial charge in [0.25, 0.3) is 5.69 Å². The number of non-ortho nitro benzene ring substituents is 1. The highest BCUT2D eigenvalue weighted by atomic mass is 16.6. The number of hydrogen-bond acceptors (Lipinski definition) is 8. The van der Waals surface area contributed by atoms with Crippen molar-refractivity contribution in [2.45, 2.75) is 64.6 Å². The highest BCUT2D eigenvalue weighted by molar-refractivity contribution is 5.84. The number of aliphatic carboxylic acids is 2. The zero-order valence-corrected chi connectivity index (χ0v) is 23.8. The second kappa shape index (κ2) is 12.0. The third-order valence-corrected chi connectivity index (χ3v) is 9.00. The van der Waals surface area contributed by atoms with E-state index in [1.54, 1.807) is 33.8 Å². The van der Waals surface area contributed by atoms with Crippen LogP contribution >= 0.6 is 0 Å². The van der Waals surface area contributed by atoms with Gasteiger partial charge in [-0.25, -0.2) is 0 Å². The Labute approximate surface area is 239 Å². The van der Waals surface area contributed by atoms with Crippen molar-refractivity contribution in [1.82, 2.24) is 10.6 Å². The van der Waals surface area contributed by atoms with E-state index in [1.807, 2.05) is 24.3 Å². The molecule has 11 heteroatoms. The van der Waals surface area contributed by atoms with Gasteiger partial charge in [0.05, 0.1) is 15.8 Å². The molecule has 6 unspecified atom stereocenters. The Morgan fingerprint density at radius 1 is 1.10 bits per heavy atom. The highest BCUT2D eigenvalue weighted by Gasteiger charge is 2.67. The number of rotatable bonds is 11. The molecule has 11 nitrogen and oxygen atoms in total. The number of nitrogens with one attached hydrogen (secondary N) is 2. The summed E-state index contributed by atoms with van der Waals surface area (Å²) in [7, 11) is 0. The van der Waals surface area contributed by atoms with Crippen LogP contribution in [0.3, 0.4) is 0 Å². The van der Waals surface area contributed by atoms with E-state index in [2.05, 4.69) is 10.6 Å². The lowest BCUT2D eigenvalue weighted by molar-refractivity contribution is -0.385. The van der Waals surface area contributed by atoms with Gasteiger partial charge in [0.1, 0.15) is 12.7 Å². The number of ether oxygens (including phenoxy) is 2. The number of nitrogens with zero attached hydrogens (tertiary/aromatic N) is 1. The molecule has 0 aromatic heterocycles. The fourth-order valence-corrected chi connectivity index (χ4v) is 7.08. The predicted octanol–water partition coefficient (Wildman–Crippen LogP) is 4.07. The molecule has 41 heavy (non-hydrogen) atoms. The van der Waals surface area contributed by atoms with Crippen LogP contribution in [-0.4, -0.2) is 65.0 Å².